The maximum atomic E-state index is 10.6. The summed E-state index contributed by atoms with van der Waals surface area (Å²) in [6, 6.07) is 4.59. The molecule has 0 bridgehead atoms. The van der Waals surface area contributed by atoms with Crippen molar-refractivity contribution in [1.82, 2.24) is 4.90 Å². The highest BCUT2D eigenvalue weighted by Crippen LogP contribution is 2.28. The van der Waals surface area contributed by atoms with Gasteiger partial charge in [-0.15, -0.1) is 11.3 Å². The Hall–Kier alpha value is -0.870. The predicted octanol–water partition coefficient (Wildman–Crippen LogP) is 1.70. The van der Waals surface area contributed by atoms with Crippen molar-refractivity contribution in [3.05, 3.63) is 17.0 Å². The molecule has 1 fully saturated rings. The molecule has 1 unspecified atom stereocenters. The largest absolute Gasteiger partial charge is 0.362 e. The molecule has 1 aliphatic rings. The summed E-state index contributed by atoms with van der Waals surface area (Å²) < 4.78 is 0. The molecular weight excluding hydrogens is 208 g/mol. The Morgan fingerprint density at radius 1 is 1.53 bits per heavy atom. The minimum atomic E-state index is 0.645. The van der Waals surface area contributed by atoms with Crippen LogP contribution in [0, 0.1) is 0 Å². The van der Waals surface area contributed by atoms with Gasteiger partial charge in [0.1, 0.15) is 0 Å². The normalized spacial score (nSPS) is 21.3. The van der Waals surface area contributed by atoms with Crippen molar-refractivity contribution < 1.29 is 4.79 Å². The fourth-order valence-corrected chi connectivity index (χ4v) is 2.80. The second kappa shape index (κ2) is 4.33. The van der Waals surface area contributed by atoms with Crippen LogP contribution in [0.2, 0.25) is 0 Å². The molecule has 0 amide bonds. The second-order valence-electron chi connectivity index (χ2n) is 4.15. The molecule has 15 heavy (non-hydrogen) atoms. The molecule has 1 aliphatic heterocycles. The zero-order valence-electron chi connectivity index (χ0n) is 9.14. The summed E-state index contributed by atoms with van der Waals surface area (Å²) in [5.74, 6) is 0. The standard InChI is InChI=1S/C11H16N2OS/c1-12(2)9-5-6-13(7-9)11-4-3-10(8-14)15-11/h3-4,8-9H,5-7H2,1-2H3. The lowest BCUT2D eigenvalue weighted by molar-refractivity contribution is 0.112. The number of carbonyl (C=O) groups is 1. The number of rotatable bonds is 3. The Morgan fingerprint density at radius 3 is 2.87 bits per heavy atom. The highest BCUT2D eigenvalue weighted by molar-refractivity contribution is 7.17. The van der Waals surface area contributed by atoms with E-state index < -0.39 is 0 Å². The SMILES string of the molecule is CN(C)C1CCN(c2ccc(C=O)s2)C1. The Labute approximate surface area is 94.3 Å². The zero-order valence-corrected chi connectivity index (χ0v) is 9.96. The highest BCUT2D eigenvalue weighted by Gasteiger charge is 2.24. The van der Waals surface area contributed by atoms with Crippen molar-refractivity contribution in [3.63, 3.8) is 0 Å². The first-order valence-corrected chi connectivity index (χ1v) is 5.98. The molecule has 0 aliphatic carbocycles. The molecule has 0 spiro atoms. The van der Waals surface area contributed by atoms with Gasteiger partial charge in [0.15, 0.2) is 6.29 Å². The van der Waals surface area contributed by atoms with Crippen molar-refractivity contribution in [2.75, 3.05) is 32.1 Å². The third-order valence-electron chi connectivity index (χ3n) is 2.93. The maximum absolute atomic E-state index is 10.6. The number of nitrogens with zero attached hydrogens (tertiary/aromatic N) is 2. The number of carbonyl (C=O) groups excluding carboxylic acids is 1. The topological polar surface area (TPSA) is 23.6 Å². The van der Waals surface area contributed by atoms with Gasteiger partial charge in [0, 0.05) is 19.1 Å². The van der Waals surface area contributed by atoms with Crippen LogP contribution in [0.3, 0.4) is 0 Å². The van der Waals surface area contributed by atoms with E-state index in [1.807, 2.05) is 12.1 Å². The molecule has 0 aromatic carbocycles. The van der Waals surface area contributed by atoms with E-state index in [4.69, 9.17) is 0 Å². The van der Waals surface area contributed by atoms with E-state index in [0.717, 1.165) is 24.3 Å². The molecule has 2 rings (SSSR count). The van der Waals surface area contributed by atoms with Gasteiger partial charge in [-0.25, -0.2) is 0 Å². The van der Waals surface area contributed by atoms with Gasteiger partial charge < -0.3 is 9.80 Å². The van der Waals surface area contributed by atoms with Crippen molar-refractivity contribution in [3.8, 4) is 0 Å². The van der Waals surface area contributed by atoms with Gasteiger partial charge in [-0.1, -0.05) is 0 Å². The van der Waals surface area contributed by atoms with E-state index in [9.17, 15) is 4.79 Å². The fourth-order valence-electron chi connectivity index (χ4n) is 1.94. The summed E-state index contributed by atoms with van der Waals surface area (Å²) in [6.07, 6.45) is 2.13. The first kappa shape index (κ1) is 10.6. The van der Waals surface area contributed by atoms with Crippen LogP contribution in [0.1, 0.15) is 16.1 Å². The first-order valence-electron chi connectivity index (χ1n) is 5.17. The number of anilines is 1. The van der Waals surface area contributed by atoms with E-state index in [1.54, 1.807) is 11.3 Å². The van der Waals surface area contributed by atoms with Gasteiger partial charge in [0.2, 0.25) is 0 Å². The second-order valence-corrected chi connectivity index (χ2v) is 5.24. The van der Waals surface area contributed by atoms with Crippen LogP contribution in [0.25, 0.3) is 0 Å². The molecule has 1 saturated heterocycles. The minimum absolute atomic E-state index is 0.645. The van der Waals surface area contributed by atoms with Crippen molar-refractivity contribution in [2.24, 2.45) is 0 Å². The van der Waals surface area contributed by atoms with Crippen molar-refractivity contribution in [2.45, 2.75) is 12.5 Å². The molecule has 82 valence electrons. The quantitative estimate of drug-likeness (QED) is 0.730. The summed E-state index contributed by atoms with van der Waals surface area (Å²) >= 11 is 1.58. The monoisotopic (exact) mass is 224 g/mol. The van der Waals surface area contributed by atoms with Crippen LogP contribution in [0.15, 0.2) is 12.1 Å². The summed E-state index contributed by atoms with van der Waals surface area (Å²) in [7, 11) is 4.25. The highest BCUT2D eigenvalue weighted by atomic mass is 32.1. The average molecular weight is 224 g/mol. The van der Waals surface area contributed by atoms with Crippen LogP contribution in [0.4, 0.5) is 5.00 Å². The molecule has 2 heterocycles. The average Bonchev–Trinajstić information content (AvgIpc) is 2.86. The molecule has 1 atom stereocenters. The van der Waals surface area contributed by atoms with Crippen molar-refractivity contribution in [1.29, 1.82) is 0 Å². The van der Waals surface area contributed by atoms with Gasteiger partial charge in [-0.05, 0) is 32.6 Å². The van der Waals surface area contributed by atoms with Gasteiger partial charge >= 0.3 is 0 Å². The third-order valence-corrected chi connectivity index (χ3v) is 4.01. The number of hydrogen-bond donors (Lipinski definition) is 0. The summed E-state index contributed by atoms with van der Waals surface area (Å²) in [4.78, 5) is 16.0. The van der Waals surface area contributed by atoms with Gasteiger partial charge in [0.05, 0.1) is 9.88 Å². The molecule has 0 N–H and O–H groups in total. The molecule has 0 saturated carbocycles. The number of hydrogen-bond acceptors (Lipinski definition) is 4. The van der Waals surface area contributed by atoms with E-state index >= 15 is 0 Å². The summed E-state index contributed by atoms with van der Waals surface area (Å²) in [5.41, 5.74) is 0. The molecule has 1 aromatic heterocycles. The number of likely N-dealkylation sites (N-methyl/N-ethyl adjacent to an activating group) is 1. The van der Waals surface area contributed by atoms with E-state index in [0.29, 0.717) is 6.04 Å². The Balaban J connectivity index is 2.04. The first-order chi connectivity index (χ1) is 7.20. The number of aldehydes is 1. The lowest BCUT2D eigenvalue weighted by Crippen LogP contribution is -2.31. The Bertz CT molecular complexity index is 348. The predicted molar refractivity (Wildman–Crippen MR) is 64.0 cm³/mol. The van der Waals surface area contributed by atoms with Gasteiger partial charge in [-0.3, -0.25) is 4.79 Å². The molecular formula is C11H16N2OS. The lowest BCUT2D eigenvalue weighted by Gasteiger charge is -2.20. The minimum Gasteiger partial charge on any atom is -0.362 e. The summed E-state index contributed by atoms with van der Waals surface area (Å²) in [5, 5.41) is 1.22. The maximum Gasteiger partial charge on any atom is 0.160 e. The van der Waals surface area contributed by atoms with E-state index in [1.165, 1.54) is 11.4 Å². The van der Waals surface area contributed by atoms with Crippen molar-refractivity contribution >= 4 is 22.6 Å². The fraction of sp³-hybridized carbons (Fsp3) is 0.545. The van der Waals surface area contributed by atoms with Gasteiger partial charge in [-0.2, -0.15) is 0 Å². The third kappa shape index (κ3) is 2.21. The Kier molecular flexibility index (Phi) is 3.07. The van der Waals surface area contributed by atoms with Crippen LogP contribution < -0.4 is 4.90 Å². The molecule has 4 heteroatoms. The van der Waals surface area contributed by atoms with E-state index in [-0.39, 0.29) is 0 Å². The molecule has 0 radical (unpaired) electrons. The van der Waals surface area contributed by atoms with Crippen LogP contribution in [0.5, 0.6) is 0 Å². The smallest absolute Gasteiger partial charge is 0.160 e. The van der Waals surface area contributed by atoms with Crippen LogP contribution in [-0.2, 0) is 0 Å². The molecule has 3 nitrogen and oxygen atoms in total. The zero-order chi connectivity index (χ0) is 10.8. The lowest BCUT2D eigenvalue weighted by atomic mass is 10.2. The van der Waals surface area contributed by atoms with Crippen LogP contribution >= 0.6 is 11.3 Å². The van der Waals surface area contributed by atoms with E-state index in [2.05, 4.69) is 23.9 Å². The van der Waals surface area contributed by atoms with Gasteiger partial charge in [0.25, 0.3) is 0 Å². The number of thiophene rings is 1. The molecule has 1 aromatic rings. The van der Waals surface area contributed by atoms with Crippen LogP contribution in [-0.4, -0.2) is 44.4 Å². The Morgan fingerprint density at radius 2 is 2.33 bits per heavy atom. The summed E-state index contributed by atoms with van der Waals surface area (Å²) in [6.45, 7) is 2.17.